The predicted molar refractivity (Wildman–Crippen MR) is 124 cm³/mol. The SMILES string of the molecule is O=C1/C(=C\c2ccc(Cl)cc2)CCc2nc3ccc(Cl)cc3c(-c3ccccc3)c21. The van der Waals surface area contributed by atoms with Crippen molar-refractivity contribution in [2.75, 3.05) is 0 Å². The fourth-order valence-corrected chi connectivity index (χ4v) is 4.34. The van der Waals surface area contributed by atoms with E-state index in [0.29, 0.717) is 22.0 Å². The van der Waals surface area contributed by atoms with Gasteiger partial charge in [0.2, 0.25) is 0 Å². The van der Waals surface area contributed by atoms with E-state index < -0.39 is 0 Å². The molecule has 4 heteroatoms. The predicted octanol–water partition coefficient (Wildman–Crippen LogP) is 7.42. The van der Waals surface area contributed by atoms with Crippen LogP contribution in [0.15, 0.2) is 78.4 Å². The Hall–Kier alpha value is -2.94. The van der Waals surface area contributed by atoms with Crippen LogP contribution in [0.2, 0.25) is 10.0 Å². The number of benzene rings is 3. The fraction of sp³-hybridized carbons (Fsp3) is 0.0769. The molecule has 0 atom stereocenters. The van der Waals surface area contributed by atoms with Crippen LogP contribution >= 0.6 is 23.2 Å². The van der Waals surface area contributed by atoms with Gasteiger partial charge in [-0.2, -0.15) is 0 Å². The highest BCUT2D eigenvalue weighted by molar-refractivity contribution is 6.32. The van der Waals surface area contributed by atoms with E-state index in [9.17, 15) is 4.79 Å². The molecule has 0 amide bonds. The quantitative estimate of drug-likeness (QED) is 0.310. The van der Waals surface area contributed by atoms with E-state index in [1.807, 2.05) is 78.9 Å². The van der Waals surface area contributed by atoms with Gasteiger partial charge in [0, 0.05) is 26.6 Å². The van der Waals surface area contributed by atoms with Gasteiger partial charge < -0.3 is 0 Å². The summed E-state index contributed by atoms with van der Waals surface area (Å²) in [5.41, 5.74) is 6.03. The first kappa shape index (κ1) is 19.0. The van der Waals surface area contributed by atoms with E-state index in [1.54, 1.807) is 0 Å². The molecule has 0 bridgehead atoms. The summed E-state index contributed by atoms with van der Waals surface area (Å²) < 4.78 is 0. The number of halogens is 2. The third-order valence-corrected chi connectivity index (χ3v) is 5.93. The van der Waals surface area contributed by atoms with Gasteiger partial charge in [0.15, 0.2) is 5.78 Å². The molecular formula is C26H17Cl2NO. The van der Waals surface area contributed by atoms with Gasteiger partial charge in [-0.1, -0.05) is 65.7 Å². The summed E-state index contributed by atoms with van der Waals surface area (Å²) >= 11 is 12.3. The minimum Gasteiger partial charge on any atom is -0.289 e. The molecule has 0 unspecified atom stereocenters. The Morgan fingerprint density at radius 2 is 1.53 bits per heavy atom. The van der Waals surface area contributed by atoms with Crippen molar-refractivity contribution in [2.45, 2.75) is 12.8 Å². The number of Topliss-reactive ketones (excluding diaryl/α,β-unsaturated/α-hetero) is 1. The van der Waals surface area contributed by atoms with Crippen molar-refractivity contribution in [2.24, 2.45) is 0 Å². The molecule has 1 aliphatic carbocycles. The van der Waals surface area contributed by atoms with Gasteiger partial charge in [-0.05, 0) is 60.4 Å². The van der Waals surface area contributed by atoms with Gasteiger partial charge in [0.1, 0.15) is 0 Å². The molecule has 0 aliphatic heterocycles. The first-order valence-electron chi connectivity index (χ1n) is 9.78. The van der Waals surface area contributed by atoms with Crippen molar-refractivity contribution in [1.82, 2.24) is 4.98 Å². The second-order valence-corrected chi connectivity index (χ2v) is 8.26. The maximum Gasteiger partial charge on any atom is 0.191 e. The summed E-state index contributed by atoms with van der Waals surface area (Å²) in [6.07, 6.45) is 3.34. The van der Waals surface area contributed by atoms with Crippen LogP contribution in [0, 0.1) is 0 Å². The van der Waals surface area contributed by atoms with Gasteiger partial charge >= 0.3 is 0 Å². The standard InChI is InChI=1S/C26H17Cl2NO/c27-19-9-6-16(7-10-19)14-18-8-12-23-25(26(18)30)24(17-4-2-1-3-5-17)21-15-20(28)11-13-22(21)29-23/h1-7,9-11,13-15H,8,12H2/b18-14-. The number of hydrogen-bond acceptors (Lipinski definition) is 2. The highest BCUT2D eigenvalue weighted by Gasteiger charge is 2.28. The Bertz CT molecular complexity index is 1310. The molecule has 1 aliphatic rings. The number of hydrogen-bond donors (Lipinski definition) is 0. The Morgan fingerprint density at radius 3 is 2.30 bits per heavy atom. The Balaban J connectivity index is 1.74. The molecular weight excluding hydrogens is 413 g/mol. The lowest BCUT2D eigenvalue weighted by Gasteiger charge is -2.22. The number of nitrogens with zero attached hydrogens (tertiary/aromatic N) is 1. The minimum absolute atomic E-state index is 0.0272. The first-order valence-corrected chi connectivity index (χ1v) is 10.5. The molecule has 1 heterocycles. The molecule has 0 radical (unpaired) electrons. The molecule has 5 rings (SSSR count). The lowest BCUT2D eigenvalue weighted by atomic mass is 9.83. The van der Waals surface area contributed by atoms with Crippen LogP contribution in [0.5, 0.6) is 0 Å². The second kappa shape index (κ2) is 7.71. The van der Waals surface area contributed by atoms with Crippen LogP contribution in [-0.4, -0.2) is 10.8 Å². The number of pyridine rings is 1. The Morgan fingerprint density at radius 1 is 0.800 bits per heavy atom. The van der Waals surface area contributed by atoms with Crippen molar-refractivity contribution in [3.63, 3.8) is 0 Å². The topological polar surface area (TPSA) is 30.0 Å². The van der Waals surface area contributed by atoms with Gasteiger partial charge in [-0.25, -0.2) is 0 Å². The average molecular weight is 430 g/mol. The minimum atomic E-state index is 0.0272. The van der Waals surface area contributed by atoms with Gasteiger partial charge in [-0.15, -0.1) is 0 Å². The second-order valence-electron chi connectivity index (χ2n) is 7.39. The van der Waals surface area contributed by atoms with Crippen molar-refractivity contribution in [3.8, 4) is 11.1 Å². The molecule has 2 nitrogen and oxygen atoms in total. The number of rotatable bonds is 2. The molecule has 3 aromatic carbocycles. The number of aryl methyl sites for hydroxylation is 1. The maximum absolute atomic E-state index is 13.6. The molecule has 0 fully saturated rings. The molecule has 146 valence electrons. The van der Waals surface area contributed by atoms with Crippen LogP contribution in [0.25, 0.3) is 28.1 Å². The Kier molecular flexibility index (Phi) is 4.90. The number of carbonyl (C=O) groups excluding carboxylic acids is 1. The zero-order valence-corrected chi connectivity index (χ0v) is 17.5. The van der Waals surface area contributed by atoms with Crippen LogP contribution < -0.4 is 0 Å². The Labute approximate surface area is 184 Å². The van der Waals surface area contributed by atoms with Crippen molar-refractivity contribution in [3.05, 3.63) is 105 Å². The third-order valence-electron chi connectivity index (χ3n) is 5.45. The van der Waals surface area contributed by atoms with E-state index in [4.69, 9.17) is 28.2 Å². The average Bonchev–Trinajstić information content (AvgIpc) is 2.76. The molecule has 30 heavy (non-hydrogen) atoms. The lowest BCUT2D eigenvalue weighted by molar-refractivity contribution is 0.102. The van der Waals surface area contributed by atoms with Crippen LogP contribution in [0.3, 0.4) is 0 Å². The van der Waals surface area contributed by atoms with Gasteiger partial charge in [0.25, 0.3) is 0 Å². The molecule has 0 saturated heterocycles. The number of aromatic nitrogens is 1. The van der Waals surface area contributed by atoms with E-state index in [-0.39, 0.29) is 5.78 Å². The largest absolute Gasteiger partial charge is 0.289 e. The zero-order valence-electron chi connectivity index (χ0n) is 16.0. The third kappa shape index (κ3) is 3.43. The highest BCUT2D eigenvalue weighted by Crippen LogP contribution is 2.39. The summed E-state index contributed by atoms with van der Waals surface area (Å²) in [6, 6.07) is 23.2. The highest BCUT2D eigenvalue weighted by atomic mass is 35.5. The van der Waals surface area contributed by atoms with Crippen molar-refractivity contribution in [1.29, 1.82) is 0 Å². The summed E-state index contributed by atoms with van der Waals surface area (Å²) in [5.74, 6) is 0.0272. The molecule has 1 aromatic heterocycles. The smallest absolute Gasteiger partial charge is 0.191 e. The van der Waals surface area contributed by atoms with E-state index in [1.165, 1.54) is 0 Å². The molecule has 4 aromatic rings. The van der Waals surface area contributed by atoms with E-state index in [2.05, 4.69) is 0 Å². The summed E-state index contributed by atoms with van der Waals surface area (Å²) in [6.45, 7) is 0. The van der Waals surface area contributed by atoms with Crippen LogP contribution in [-0.2, 0) is 6.42 Å². The fourth-order valence-electron chi connectivity index (χ4n) is 4.04. The van der Waals surface area contributed by atoms with Crippen molar-refractivity contribution >= 4 is 46.0 Å². The molecule has 0 saturated carbocycles. The lowest BCUT2D eigenvalue weighted by Crippen LogP contribution is -2.17. The summed E-state index contributed by atoms with van der Waals surface area (Å²) in [7, 11) is 0. The number of allylic oxidation sites excluding steroid dienone is 1. The van der Waals surface area contributed by atoms with Crippen LogP contribution in [0.4, 0.5) is 0 Å². The summed E-state index contributed by atoms with van der Waals surface area (Å²) in [5, 5.41) is 2.20. The monoisotopic (exact) mass is 429 g/mol. The normalized spacial score (nSPS) is 14.9. The zero-order chi connectivity index (χ0) is 20.7. The van der Waals surface area contributed by atoms with Gasteiger partial charge in [0.05, 0.1) is 16.8 Å². The van der Waals surface area contributed by atoms with E-state index in [0.717, 1.165) is 45.3 Å². The molecule has 0 N–H and O–H groups in total. The summed E-state index contributed by atoms with van der Waals surface area (Å²) in [4.78, 5) is 18.5. The number of ketones is 1. The number of fused-ring (bicyclic) bond motifs is 2. The molecule has 0 spiro atoms. The number of carbonyl (C=O) groups is 1. The van der Waals surface area contributed by atoms with Crippen LogP contribution in [0.1, 0.15) is 28.0 Å². The van der Waals surface area contributed by atoms with E-state index >= 15 is 0 Å². The van der Waals surface area contributed by atoms with Gasteiger partial charge in [-0.3, -0.25) is 9.78 Å². The first-order chi connectivity index (χ1) is 14.6. The van der Waals surface area contributed by atoms with Crippen molar-refractivity contribution < 1.29 is 4.79 Å². The maximum atomic E-state index is 13.6.